The van der Waals surface area contributed by atoms with E-state index in [9.17, 15) is 13.2 Å². The number of methoxy groups -OCH3 is 1. The van der Waals surface area contributed by atoms with E-state index < -0.39 is 10.2 Å². The molecule has 1 amide bonds. The Morgan fingerprint density at radius 3 is 2.00 bits per heavy atom. The van der Waals surface area contributed by atoms with Crippen LogP contribution >= 0.6 is 0 Å². The zero-order chi connectivity index (χ0) is 21.1. The fourth-order valence-corrected chi connectivity index (χ4v) is 5.95. The van der Waals surface area contributed by atoms with Gasteiger partial charge in [0.15, 0.2) is 0 Å². The maximum absolute atomic E-state index is 13.2. The zero-order valence-corrected chi connectivity index (χ0v) is 18.2. The van der Waals surface area contributed by atoms with Crippen molar-refractivity contribution in [2.45, 2.75) is 25.7 Å². The van der Waals surface area contributed by atoms with Crippen LogP contribution in [0.3, 0.4) is 0 Å². The van der Waals surface area contributed by atoms with E-state index in [0.29, 0.717) is 50.6 Å². The Hall–Kier alpha value is -2.16. The van der Waals surface area contributed by atoms with Crippen LogP contribution in [0.15, 0.2) is 36.4 Å². The Morgan fingerprint density at radius 1 is 0.833 bits per heavy atom. The molecule has 2 saturated heterocycles. The third kappa shape index (κ3) is 4.17. The predicted molar refractivity (Wildman–Crippen MR) is 117 cm³/mol. The highest BCUT2D eigenvalue weighted by Gasteiger charge is 2.34. The molecule has 30 heavy (non-hydrogen) atoms. The zero-order valence-electron chi connectivity index (χ0n) is 17.4. The van der Waals surface area contributed by atoms with Gasteiger partial charge in [-0.1, -0.05) is 37.1 Å². The van der Waals surface area contributed by atoms with Gasteiger partial charge in [-0.2, -0.15) is 17.0 Å². The van der Waals surface area contributed by atoms with Crippen LogP contribution in [0.25, 0.3) is 10.8 Å². The van der Waals surface area contributed by atoms with Gasteiger partial charge in [0.1, 0.15) is 5.75 Å². The van der Waals surface area contributed by atoms with E-state index in [4.69, 9.17) is 4.74 Å². The fraction of sp³-hybridized carbons (Fsp3) is 0.500. The van der Waals surface area contributed by atoms with Gasteiger partial charge in [-0.25, -0.2) is 0 Å². The van der Waals surface area contributed by atoms with Gasteiger partial charge in [0, 0.05) is 39.3 Å². The first-order valence-corrected chi connectivity index (χ1v) is 12.0. The molecule has 2 aromatic rings. The van der Waals surface area contributed by atoms with Crippen molar-refractivity contribution < 1.29 is 17.9 Å². The number of carbonyl (C=O) groups excluding carboxylic acids is 1. The molecule has 0 radical (unpaired) electrons. The molecule has 0 unspecified atom stereocenters. The molecule has 0 bridgehead atoms. The molecule has 0 spiro atoms. The first-order chi connectivity index (χ1) is 14.5. The molecule has 2 heterocycles. The van der Waals surface area contributed by atoms with Crippen LogP contribution in [-0.4, -0.2) is 74.2 Å². The maximum Gasteiger partial charge on any atom is 0.282 e. The molecule has 0 aromatic heterocycles. The first kappa shape index (κ1) is 21.1. The van der Waals surface area contributed by atoms with Gasteiger partial charge in [0.05, 0.1) is 12.7 Å². The number of piperazine rings is 1. The van der Waals surface area contributed by atoms with Gasteiger partial charge in [-0.15, -0.1) is 0 Å². The van der Waals surface area contributed by atoms with Crippen molar-refractivity contribution in [1.29, 1.82) is 0 Å². The van der Waals surface area contributed by atoms with Gasteiger partial charge in [-0.05, 0) is 35.7 Å². The topological polar surface area (TPSA) is 70.2 Å². The van der Waals surface area contributed by atoms with Crippen LogP contribution in [0.1, 0.15) is 36.0 Å². The number of hydrogen-bond donors (Lipinski definition) is 0. The molecule has 4 rings (SSSR count). The quantitative estimate of drug-likeness (QED) is 0.746. The standard InChI is InChI=1S/C22H29N3O4S/c1-29-21-17-19-9-5-4-8-18(19)16-20(21)22(26)23-12-14-25(15-13-23)30(27,28)24-10-6-2-3-7-11-24/h4-5,8-9,16-17H,2-3,6-7,10-15H2,1H3. The molecule has 0 saturated carbocycles. The number of nitrogens with zero attached hydrogens (tertiary/aromatic N) is 3. The van der Waals surface area contributed by atoms with Gasteiger partial charge in [0.25, 0.3) is 16.1 Å². The van der Waals surface area contributed by atoms with E-state index in [0.717, 1.165) is 36.5 Å². The second-order valence-electron chi connectivity index (χ2n) is 7.91. The Kier molecular flexibility index (Phi) is 6.26. The summed E-state index contributed by atoms with van der Waals surface area (Å²) in [5.41, 5.74) is 0.514. The largest absolute Gasteiger partial charge is 0.496 e. The minimum absolute atomic E-state index is 0.121. The lowest BCUT2D eigenvalue weighted by atomic mass is 10.0. The average Bonchev–Trinajstić information content (AvgIpc) is 3.08. The number of benzene rings is 2. The summed E-state index contributed by atoms with van der Waals surface area (Å²) in [6.45, 7) is 2.58. The van der Waals surface area contributed by atoms with Crippen molar-refractivity contribution in [3.8, 4) is 5.75 Å². The molecule has 2 fully saturated rings. The van der Waals surface area contributed by atoms with E-state index >= 15 is 0 Å². The Balaban J connectivity index is 1.47. The third-order valence-electron chi connectivity index (χ3n) is 6.04. The molecular formula is C22H29N3O4S. The van der Waals surface area contributed by atoms with Crippen LogP contribution in [0, 0.1) is 0 Å². The summed E-state index contributed by atoms with van der Waals surface area (Å²) in [6.07, 6.45) is 4.00. The summed E-state index contributed by atoms with van der Waals surface area (Å²) >= 11 is 0. The van der Waals surface area contributed by atoms with E-state index in [2.05, 4.69) is 0 Å². The second-order valence-corrected chi connectivity index (χ2v) is 9.84. The first-order valence-electron chi connectivity index (χ1n) is 10.6. The van der Waals surface area contributed by atoms with E-state index in [1.165, 1.54) is 4.31 Å². The number of ether oxygens (including phenoxy) is 1. The van der Waals surface area contributed by atoms with E-state index in [1.807, 2.05) is 36.4 Å². The lowest BCUT2D eigenvalue weighted by Crippen LogP contribution is -2.54. The van der Waals surface area contributed by atoms with Crippen LogP contribution in [-0.2, 0) is 10.2 Å². The Labute approximate surface area is 178 Å². The number of rotatable bonds is 4. The smallest absolute Gasteiger partial charge is 0.282 e. The summed E-state index contributed by atoms with van der Waals surface area (Å²) in [6, 6.07) is 11.6. The van der Waals surface area contributed by atoms with Crippen LogP contribution in [0.4, 0.5) is 0 Å². The van der Waals surface area contributed by atoms with Crippen LogP contribution in [0.2, 0.25) is 0 Å². The van der Waals surface area contributed by atoms with Crippen molar-refractivity contribution in [3.63, 3.8) is 0 Å². The minimum atomic E-state index is -3.46. The number of amides is 1. The average molecular weight is 432 g/mol. The summed E-state index contributed by atoms with van der Waals surface area (Å²) in [4.78, 5) is 14.9. The molecule has 0 atom stereocenters. The normalized spacial score (nSPS) is 19.6. The Morgan fingerprint density at radius 2 is 1.40 bits per heavy atom. The lowest BCUT2D eigenvalue weighted by molar-refractivity contribution is 0.0691. The van der Waals surface area contributed by atoms with Gasteiger partial charge in [-0.3, -0.25) is 4.79 Å². The van der Waals surface area contributed by atoms with Crippen molar-refractivity contribution in [1.82, 2.24) is 13.5 Å². The predicted octanol–water partition coefficient (Wildman–Crippen LogP) is 2.73. The summed E-state index contributed by atoms with van der Waals surface area (Å²) in [5.74, 6) is 0.419. The third-order valence-corrected chi connectivity index (χ3v) is 8.08. The van der Waals surface area contributed by atoms with Gasteiger partial charge < -0.3 is 9.64 Å². The minimum Gasteiger partial charge on any atom is -0.496 e. The van der Waals surface area contributed by atoms with Crippen LogP contribution in [0.5, 0.6) is 5.75 Å². The fourth-order valence-electron chi connectivity index (χ4n) is 4.28. The molecule has 7 nitrogen and oxygen atoms in total. The van der Waals surface area contributed by atoms with Crippen molar-refractivity contribution in [2.75, 3.05) is 46.4 Å². The summed E-state index contributed by atoms with van der Waals surface area (Å²) < 4.78 is 34.6. The number of carbonyl (C=O) groups is 1. The molecule has 0 N–H and O–H groups in total. The van der Waals surface area contributed by atoms with Crippen LogP contribution < -0.4 is 4.74 Å². The summed E-state index contributed by atoms with van der Waals surface area (Å²) in [7, 11) is -1.90. The van der Waals surface area contributed by atoms with Crippen molar-refractivity contribution >= 4 is 26.9 Å². The highest BCUT2D eigenvalue weighted by Crippen LogP contribution is 2.28. The highest BCUT2D eigenvalue weighted by molar-refractivity contribution is 7.86. The molecule has 2 aromatic carbocycles. The number of hydrogen-bond acceptors (Lipinski definition) is 4. The van der Waals surface area contributed by atoms with E-state index in [-0.39, 0.29) is 5.91 Å². The monoisotopic (exact) mass is 431 g/mol. The van der Waals surface area contributed by atoms with Crippen molar-refractivity contribution in [2.24, 2.45) is 0 Å². The molecular weight excluding hydrogens is 402 g/mol. The molecule has 8 heteroatoms. The van der Waals surface area contributed by atoms with Gasteiger partial charge in [0.2, 0.25) is 0 Å². The SMILES string of the molecule is COc1cc2ccccc2cc1C(=O)N1CCN(S(=O)(=O)N2CCCCCC2)CC1. The molecule has 2 aliphatic heterocycles. The Bertz CT molecular complexity index is 1010. The highest BCUT2D eigenvalue weighted by atomic mass is 32.2. The summed E-state index contributed by atoms with van der Waals surface area (Å²) in [5, 5.41) is 1.99. The number of fused-ring (bicyclic) bond motifs is 1. The molecule has 0 aliphatic carbocycles. The lowest BCUT2D eigenvalue weighted by Gasteiger charge is -2.36. The molecule has 2 aliphatic rings. The second kappa shape index (κ2) is 8.91. The van der Waals surface area contributed by atoms with Crippen molar-refractivity contribution in [3.05, 3.63) is 42.0 Å². The van der Waals surface area contributed by atoms with E-state index in [1.54, 1.807) is 16.3 Å². The van der Waals surface area contributed by atoms with Gasteiger partial charge >= 0.3 is 0 Å². The maximum atomic E-state index is 13.2. The molecule has 162 valence electrons.